The maximum atomic E-state index is 5.86. The van der Waals surface area contributed by atoms with Crippen molar-refractivity contribution in [2.24, 2.45) is 0 Å². The van der Waals surface area contributed by atoms with Crippen molar-refractivity contribution < 1.29 is 9.15 Å². The predicted octanol–water partition coefficient (Wildman–Crippen LogP) is 2.43. The van der Waals surface area contributed by atoms with Gasteiger partial charge in [-0.2, -0.15) is 0 Å². The van der Waals surface area contributed by atoms with Gasteiger partial charge in [0.15, 0.2) is 11.7 Å². The molecule has 1 atom stereocenters. The minimum absolute atomic E-state index is 0.397. The van der Waals surface area contributed by atoms with Crippen LogP contribution in [-0.4, -0.2) is 25.2 Å². The van der Waals surface area contributed by atoms with Crippen LogP contribution in [0.5, 0.6) is 5.75 Å². The summed E-state index contributed by atoms with van der Waals surface area (Å²) < 4.78 is 11.2. The van der Waals surface area contributed by atoms with Crippen molar-refractivity contribution in [3.8, 4) is 17.1 Å². The lowest BCUT2D eigenvalue weighted by Gasteiger charge is -2.05. The highest BCUT2D eigenvalue weighted by Gasteiger charge is 2.22. The molecule has 1 aliphatic heterocycles. The Hall–Kier alpha value is -1.81. The van der Waals surface area contributed by atoms with Gasteiger partial charge >= 0.3 is 0 Å². The molecule has 1 aromatic heterocycles. The Morgan fingerprint density at radius 1 is 1.39 bits per heavy atom. The summed E-state index contributed by atoms with van der Waals surface area (Å²) >= 11 is 0. The molecule has 1 fully saturated rings. The molecule has 94 valence electrons. The van der Waals surface area contributed by atoms with Gasteiger partial charge in [0, 0.05) is 12.5 Å². The van der Waals surface area contributed by atoms with E-state index in [9.17, 15) is 0 Å². The number of oxazole rings is 1. The van der Waals surface area contributed by atoms with E-state index in [1.165, 1.54) is 0 Å². The summed E-state index contributed by atoms with van der Waals surface area (Å²) in [4.78, 5) is 4.39. The highest BCUT2D eigenvalue weighted by Crippen LogP contribution is 2.32. The Morgan fingerprint density at radius 3 is 3.06 bits per heavy atom. The number of methoxy groups -OCH3 is 1. The number of para-hydroxylation sites is 1. The van der Waals surface area contributed by atoms with Gasteiger partial charge in [0.05, 0.1) is 18.9 Å². The molecular weight excluding hydrogens is 228 g/mol. The van der Waals surface area contributed by atoms with Gasteiger partial charge in [0.2, 0.25) is 0 Å². The monoisotopic (exact) mass is 244 g/mol. The van der Waals surface area contributed by atoms with Crippen LogP contribution in [0.1, 0.15) is 18.2 Å². The quantitative estimate of drug-likeness (QED) is 0.900. The van der Waals surface area contributed by atoms with Crippen LogP contribution >= 0.6 is 0 Å². The molecule has 0 saturated carbocycles. The molecule has 2 aromatic rings. The van der Waals surface area contributed by atoms with Crippen molar-refractivity contribution in [1.29, 1.82) is 0 Å². The second kappa shape index (κ2) is 4.82. The van der Waals surface area contributed by atoms with Gasteiger partial charge in [-0.3, -0.25) is 0 Å². The second-order valence-electron chi connectivity index (χ2n) is 4.45. The molecule has 2 heterocycles. The van der Waals surface area contributed by atoms with Crippen molar-refractivity contribution >= 4 is 0 Å². The maximum absolute atomic E-state index is 5.86. The lowest BCUT2D eigenvalue weighted by Crippen LogP contribution is -2.07. The van der Waals surface area contributed by atoms with Gasteiger partial charge in [-0.15, -0.1) is 0 Å². The van der Waals surface area contributed by atoms with E-state index in [1.807, 2.05) is 24.3 Å². The largest absolute Gasteiger partial charge is 0.496 e. The van der Waals surface area contributed by atoms with Crippen LogP contribution < -0.4 is 10.1 Å². The Bertz CT molecular complexity index is 530. The molecule has 1 saturated heterocycles. The molecule has 0 spiro atoms. The fraction of sp³-hybridized carbons (Fsp3) is 0.357. The van der Waals surface area contributed by atoms with Crippen LogP contribution in [0.25, 0.3) is 11.3 Å². The Labute approximate surface area is 106 Å². The van der Waals surface area contributed by atoms with Crippen LogP contribution in [0.15, 0.2) is 34.9 Å². The van der Waals surface area contributed by atoms with Crippen LogP contribution in [0.4, 0.5) is 0 Å². The number of aromatic nitrogens is 1. The van der Waals surface area contributed by atoms with E-state index in [1.54, 1.807) is 13.3 Å². The normalized spacial score (nSPS) is 19.1. The topological polar surface area (TPSA) is 47.3 Å². The Kier molecular flexibility index (Phi) is 3.02. The second-order valence-corrected chi connectivity index (χ2v) is 4.45. The van der Waals surface area contributed by atoms with E-state index in [2.05, 4.69) is 10.3 Å². The number of hydrogen-bond acceptors (Lipinski definition) is 4. The van der Waals surface area contributed by atoms with Crippen LogP contribution in [0.2, 0.25) is 0 Å². The zero-order chi connectivity index (χ0) is 12.4. The van der Waals surface area contributed by atoms with Gasteiger partial charge in [0.1, 0.15) is 5.75 Å². The fourth-order valence-electron chi connectivity index (χ4n) is 2.31. The summed E-state index contributed by atoms with van der Waals surface area (Å²) in [5.74, 6) is 2.80. The molecule has 3 rings (SSSR count). The molecule has 0 radical (unpaired) electrons. The first-order valence-electron chi connectivity index (χ1n) is 6.18. The third-order valence-corrected chi connectivity index (χ3v) is 3.31. The van der Waals surface area contributed by atoms with Crippen molar-refractivity contribution in [2.45, 2.75) is 12.3 Å². The smallest absolute Gasteiger partial charge is 0.199 e. The van der Waals surface area contributed by atoms with Crippen molar-refractivity contribution in [3.05, 3.63) is 36.4 Å². The average Bonchev–Trinajstić information content (AvgIpc) is 3.09. The molecule has 4 nitrogen and oxygen atoms in total. The maximum Gasteiger partial charge on any atom is 0.199 e. The van der Waals surface area contributed by atoms with E-state index in [0.717, 1.165) is 42.5 Å². The summed E-state index contributed by atoms with van der Waals surface area (Å²) in [6.45, 7) is 1.99. The summed E-state index contributed by atoms with van der Waals surface area (Å²) in [6, 6.07) is 7.82. The summed E-state index contributed by atoms with van der Waals surface area (Å²) in [5.41, 5.74) is 0.949. The zero-order valence-corrected chi connectivity index (χ0v) is 10.3. The number of nitrogens with zero attached hydrogens (tertiary/aromatic N) is 1. The van der Waals surface area contributed by atoms with Crippen molar-refractivity contribution in [3.63, 3.8) is 0 Å². The van der Waals surface area contributed by atoms with Crippen LogP contribution in [0, 0.1) is 0 Å². The first kappa shape index (κ1) is 11.3. The zero-order valence-electron chi connectivity index (χ0n) is 10.3. The summed E-state index contributed by atoms with van der Waals surface area (Å²) in [7, 11) is 1.66. The van der Waals surface area contributed by atoms with Crippen LogP contribution in [0.3, 0.4) is 0 Å². The predicted molar refractivity (Wildman–Crippen MR) is 68.7 cm³/mol. The molecule has 1 aromatic carbocycles. The highest BCUT2D eigenvalue weighted by molar-refractivity contribution is 5.64. The molecule has 1 aliphatic rings. The van der Waals surface area contributed by atoms with Gasteiger partial charge in [-0.05, 0) is 25.1 Å². The van der Waals surface area contributed by atoms with E-state index in [0.29, 0.717) is 5.92 Å². The minimum Gasteiger partial charge on any atom is -0.496 e. The van der Waals surface area contributed by atoms with Crippen LogP contribution in [-0.2, 0) is 0 Å². The number of nitrogens with one attached hydrogen (secondary N) is 1. The highest BCUT2D eigenvalue weighted by atomic mass is 16.5. The molecule has 4 heteroatoms. The average molecular weight is 244 g/mol. The first-order chi connectivity index (χ1) is 8.88. The van der Waals surface area contributed by atoms with Gasteiger partial charge in [0.25, 0.3) is 0 Å². The summed E-state index contributed by atoms with van der Waals surface area (Å²) in [5, 5.41) is 3.32. The van der Waals surface area contributed by atoms with E-state index >= 15 is 0 Å². The molecule has 0 bridgehead atoms. The van der Waals surface area contributed by atoms with Crippen molar-refractivity contribution in [2.75, 3.05) is 20.2 Å². The molecule has 1 N–H and O–H groups in total. The minimum atomic E-state index is 0.397. The Balaban J connectivity index is 1.92. The molecular formula is C14H16N2O2. The van der Waals surface area contributed by atoms with Crippen molar-refractivity contribution in [1.82, 2.24) is 10.3 Å². The molecule has 0 aliphatic carbocycles. The number of ether oxygens (including phenoxy) is 1. The lowest BCUT2D eigenvalue weighted by molar-refractivity contribution is 0.412. The van der Waals surface area contributed by atoms with E-state index in [-0.39, 0.29) is 0 Å². The van der Waals surface area contributed by atoms with Gasteiger partial charge < -0.3 is 14.5 Å². The van der Waals surface area contributed by atoms with E-state index in [4.69, 9.17) is 9.15 Å². The van der Waals surface area contributed by atoms with Gasteiger partial charge in [-0.1, -0.05) is 12.1 Å². The Morgan fingerprint density at radius 2 is 2.28 bits per heavy atom. The number of rotatable bonds is 3. The van der Waals surface area contributed by atoms with E-state index < -0.39 is 0 Å². The third-order valence-electron chi connectivity index (χ3n) is 3.31. The SMILES string of the molecule is COc1ccccc1-c1cnc(C2CCNC2)o1. The standard InChI is InChI=1S/C14H16N2O2/c1-17-12-5-3-2-4-11(12)13-9-16-14(18-13)10-6-7-15-8-10/h2-5,9-10,15H,6-8H2,1H3. The number of benzene rings is 1. The number of hydrogen-bond donors (Lipinski definition) is 1. The third kappa shape index (κ3) is 1.99. The molecule has 0 amide bonds. The first-order valence-corrected chi connectivity index (χ1v) is 6.18. The molecule has 1 unspecified atom stereocenters. The lowest BCUT2D eigenvalue weighted by atomic mass is 10.1. The van der Waals surface area contributed by atoms with Gasteiger partial charge in [-0.25, -0.2) is 4.98 Å². The fourth-order valence-corrected chi connectivity index (χ4v) is 2.31. The summed E-state index contributed by atoms with van der Waals surface area (Å²) in [6.07, 6.45) is 2.87. The molecule has 18 heavy (non-hydrogen) atoms.